The number of amides is 1. The van der Waals surface area contributed by atoms with E-state index in [4.69, 9.17) is 9.63 Å². The van der Waals surface area contributed by atoms with E-state index in [0.717, 1.165) is 0 Å². The maximum absolute atomic E-state index is 11.5. The number of nitrogens with zero attached hydrogens (tertiary/aromatic N) is 1. The molecule has 0 spiro atoms. The summed E-state index contributed by atoms with van der Waals surface area (Å²) in [5.41, 5.74) is 0.208. The van der Waals surface area contributed by atoms with Gasteiger partial charge >= 0.3 is 5.97 Å². The maximum atomic E-state index is 11.5. The summed E-state index contributed by atoms with van der Waals surface area (Å²) in [7, 11) is 0. The molecule has 1 rings (SSSR count). The number of carboxylic acids is 1. The standard InChI is InChI=1S/C10H14N2O4/c1-6(3-9(13)14)5-11-10(15)8-4-7(2)16-12-8/h4,6H,3,5H2,1-2H3,(H,11,15)(H,13,14)/t6-/m1/s1. The zero-order valence-corrected chi connectivity index (χ0v) is 9.19. The van der Waals surface area contributed by atoms with Crippen LogP contribution in [0.4, 0.5) is 0 Å². The Morgan fingerprint density at radius 3 is 2.81 bits per heavy atom. The van der Waals surface area contributed by atoms with Crippen molar-refractivity contribution in [2.24, 2.45) is 5.92 Å². The van der Waals surface area contributed by atoms with Crippen molar-refractivity contribution >= 4 is 11.9 Å². The van der Waals surface area contributed by atoms with Gasteiger partial charge in [0.2, 0.25) is 0 Å². The highest BCUT2D eigenvalue weighted by Gasteiger charge is 2.13. The lowest BCUT2D eigenvalue weighted by atomic mass is 10.1. The normalized spacial score (nSPS) is 12.1. The van der Waals surface area contributed by atoms with Crippen molar-refractivity contribution < 1.29 is 19.2 Å². The van der Waals surface area contributed by atoms with Crippen LogP contribution in [0, 0.1) is 12.8 Å². The summed E-state index contributed by atoms with van der Waals surface area (Å²) in [6.07, 6.45) is 0.0259. The van der Waals surface area contributed by atoms with Crippen LogP contribution in [0.25, 0.3) is 0 Å². The molecule has 0 fully saturated rings. The van der Waals surface area contributed by atoms with E-state index in [0.29, 0.717) is 12.3 Å². The van der Waals surface area contributed by atoms with Gasteiger partial charge in [0.25, 0.3) is 5.91 Å². The zero-order chi connectivity index (χ0) is 12.1. The van der Waals surface area contributed by atoms with E-state index in [2.05, 4.69) is 10.5 Å². The minimum absolute atomic E-state index is 0.0259. The maximum Gasteiger partial charge on any atom is 0.303 e. The number of aryl methyl sites for hydroxylation is 1. The van der Waals surface area contributed by atoms with Crippen molar-refractivity contribution in [1.82, 2.24) is 10.5 Å². The van der Waals surface area contributed by atoms with Gasteiger partial charge in [-0.2, -0.15) is 0 Å². The van der Waals surface area contributed by atoms with Crippen LogP contribution in [0.2, 0.25) is 0 Å². The lowest BCUT2D eigenvalue weighted by Crippen LogP contribution is -2.29. The minimum Gasteiger partial charge on any atom is -0.481 e. The van der Waals surface area contributed by atoms with Crippen molar-refractivity contribution in [2.75, 3.05) is 6.54 Å². The smallest absolute Gasteiger partial charge is 0.303 e. The third kappa shape index (κ3) is 3.72. The van der Waals surface area contributed by atoms with Crippen molar-refractivity contribution in [3.05, 3.63) is 17.5 Å². The van der Waals surface area contributed by atoms with Crippen LogP contribution in [0.15, 0.2) is 10.6 Å². The number of hydrogen-bond acceptors (Lipinski definition) is 4. The van der Waals surface area contributed by atoms with Crippen molar-refractivity contribution in [2.45, 2.75) is 20.3 Å². The van der Waals surface area contributed by atoms with Crippen LogP contribution in [-0.2, 0) is 4.79 Å². The minimum atomic E-state index is -0.876. The van der Waals surface area contributed by atoms with Crippen molar-refractivity contribution in [1.29, 1.82) is 0 Å². The van der Waals surface area contributed by atoms with Gasteiger partial charge in [-0.3, -0.25) is 9.59 Å². The molecule has 0 radical (unpaired) electrons. The van der Waals surface area contributed by atoms with Gasteiger partial charge in [0, 0.05) is 19.0 Å². The van der Waals surface area contributed by atoms with E-state index in [1.165, 1.54) is 6.07 Å². The topological polar surface area (TPSA) is 92.4 Å². The summed E-state index contributed by atoms with van der Waals surface area (Å²) in [6.45, 7) is 3.75. The molecule has 1 heterocycles. The number of hydrogen-bond donors (Lipinski definition) is 2. The molecule has 0 aliphatic carbocycles. The molecule has 1 atom stereocenters. The fraction of sp³-hybridized carbons (Fsp3) is 0.500. The Morgan fingerprint density at radius 1 is 1.62 bits per heavy atom. The third-order valence-electron chi connectivity index (χ3n) is 1.99. The van der Waals surface area contributed by atoms with Crippen LogP contribution < -0.4 is 5.32 Å². The fourth-order valence-electron chi connectivity index (χ4n) is 1.20. The fourth-order valence-corrected chi connectivity index (χ4v) is 1.20. The molecule has 1 amide bonds. The highest BCUT2D eigenvalue weighted by atomic mass is 16.5. The Kier molecular flexibility index (Phi) is 4.04. The summed E-state index contributed by atoms with van der Waals surface area (Å²) in [5.74, 6) is -0.786. The van der Waals surface area contributed by atoms with Crippen LogP contribution in [0.3, 0.4) is 0 Å². The van der Waals surface area contributed by atoms with Gasteiger partial charge in [0.1, 0.15) is 5.76 Å². The van der Waals surface area contributed by atoms with Crippen LogP contribution in [0.5, 0.6) is 0 Å². The monoisotopic (exact) mass is 226 g/mol. The van der Waals surface area contributed by atoms with E-state index >= 15 is 0 Å². The van der Waals surface area contributed by atoms with Crippen LogP contribution in [-0.4, -0.2) is 28.7 Å². The highest BCUT2D eigenvalue weighted by Crippen LogP contribution is 2.03. The molecule has 1 aromatic rings. The second-order valence-electron chi connectivity index (χ2n) is 3.74. The first kappa shape index (κ1) is 12.2. The first-order valence-electron chi connectivity index (χ1n) is 4.92. The van der Waals surface area contributed by atoms with E-state index in [1.54, 1.807) is 13.8 Å². The molecule has 0 aromatic carbocycles. The van der Waals surface area contributed by atoms with Gasteiger partial charge < -0.3 is 14.9 Å². The molecule has 1 aromatic heterocycles. The summed E-state index contributed by atoms with van der Waals surface area (Å²) in [6, 6.07) is 1.52. The van der Waals surface area contributed by atoms with Gasteiger partial charge in [-0.15, -0.1) is 0 Å². The molecule has 2 N–H and O–H groups in total. The summed E-state index contributed by atoms with van der Waals surface area (Å²) < 4.78 is 4.75. The number of aliphatic carboxylic acids is 1. The first-order valence-corrected chi connectivity index (χ1v) is 4.92. The molecule has 0 aliphatic rings. The van der Waals surface area contributed by atoms with Gasteiger partial charge in [-0.25, -0.2) is 0 Å². The van der Waals surface area contributed by atoms with Gasteiger partial charge in [0.15, 0.2) is 5.69 Å². The zero-order valence-electron chi connectivity index (χ0n) is 9.19. The van der Waals surface area contributed by atoms with Gasteiger partial charge in [-0.05, 0) is 12.8 Å². The number of aromatic nitrogens is 1. The highest BCUT2D eigenvalue weighted by molar-refractivity contribution is 5.92. The molecule has 16 heavy (non-hydrogen) atoms. The predicted octanol–water partition coefficient (Wildman–Crippen LogP) is 0.824. The Labute approximate surface area is 92.6 Å². The second-order valence-corrected chi connectivity index (χ2v) is 3.74. The summed E-state index contributed by atoms with van der Waals surface area (Å²) in [4.78, 5) is 21.9. The lowest BCUT2D eigenvalue weighted by molar-refractivity contribution is -0.137. The Bertz CT molecular complexity index is 386. The number of carboxylic acid groups (broad SMARTS) is 1. The third-order valence-corrected chi connectivity index (χ3v) is 1.99. The van der Waals surface area contributed by atoms with Gasteiger partial charge in [0.05, 0.1) is 0 Å². The average molecular weight is 226 g/mol. The van der Waals surface area contributed by atoms with Crippen molar-refractivity contribution in [3.63, 3.8) is 0 Å². The number of carbonyl (C=O) groups is 2. The number of carbonyl (C=O) groups excluding carboxylic acids is 1. The molecular formula is C10H14N2O4. The SMILES string of the molecule is Cc1cc(C(=O)NC[C@H](C)CC(=O)O)no1. The number of nitrogens with one attached hydrogen (secondary N) is 1. The quantitative estimate of drug-likeness (QED) is 0.775. The van der Waals surface area contributed by atoms with E-state index in [1.807, 2.05) is 0 Å². The largest absolute Gasteiger partial charge is 0.481 e. The summed E-state index contributed by atoms with van der Waals surface area (Å²) in [5, 5.41) is 14.7. The first-order chi connectivity index (χ1) is 7.49. The van der Waals surface area contributed by atoms with E-state index < -0.39 is 5.97 Å². The van der Waals surface area contributed by atoms with Crippen LogP contribution >= 0.6 is 0 Å². The second kappa shape index (κ2) is 5.29. The molecule has 0 unspecified atom stereocenters. The molecule has 0 aliphatic heterocycles. The Hall–Kier alpha value is -1.85. The Balaban J connectivity index is 2.38. The van der Waals surface area contributed by atoms with Gasteiger partial charge in [-0.1, -0.05) is 12.1 Å². The molecule has 6 nitrogen and oxygen atoms in total. The molecule has 88 valence electrons. The molecule has 0 saturated heterocycles. The molecular weight excluding hydrogens is 212 g/mol. The van der Waals surface area contributed by atoms with E-state index in [9.17, 15) is 9.59 Å². The predicted molar refractivity (Wildman–Crippen MR) is 55.0 cm³/mol. The van der Waals surface area contributed by atoms with Crippen LogP contribution in [0.1, 0.15) is 29.6 Å². The average Bonchev–Trinajstić information content (AvgIpc) is 2.60. The molecule has 0 bridgehead atoms. The molecule has 6 heteroatoms. The van der Waals surface area contributed by atoms with E-state index in [-0.39, 0.29) is 23.9 Å². The summed E-state index contributed by atoms with van der Waals surface area (Å²) >= 11 is 0. The van der Waals surface area contributed by atoms with Crippen molar-refractivity contribution in [3.8, 4) is 0 Å². The Morgan fingerprint density at radius 2 is 2.31 bits per heavy atom. The lowest BCUT2D eigenvalue weighted by Gasteiger charge is -2.08. The number of rotatable bonds is 5. The molecule has 0 saturated carbocycles.